The molecule has 0 amide bonds. The van der Waals surface area contributed by atoms with Gasteiger partial charge in [-0.15, -0.1) is 0 Å². The number of hydrogen-bond acceptors (Lipinski definition) is 3. The highest BCUT2D eigenvalue weighted by atomic mass is 15.1. The van der Waals surface area contributed by atoms with Crippen LogP contribution in [0, 0.1) is 0 Å². The average Bonchev–Trinajstić information content (AvgIpc) is 3.16. The predicted octanol–water partition coefficient (Wildman–Crippen LogP) is 2.62. The van der Waals surface area contributed by atoms with E-state index in [4.69, 9.17) is 0 Å². The molecule has 4 heteroatoms. The van der Waals surface area contributed by atoms with Gasteiger partial charge in [0.05, 0.1) is 6.33 Å². The first-order valence-electron chi connectivity index (χ1n) is 7.78. The Bertz CT molecular complexity index is 576. The van der Waals surface area contributed by atoms with Gasteiger partial charge in [-0.3, -0.25) is 0 Å². The maximum Gasteiger partial charge on any atom is 0.0945 e. The normalized spacial score (nSPS) is 15.2. The molecule has 1 atom stereocenters. The summed E-state index contributed by atoms with van der Waals surface area (Å²) in [6.07, 6.45) is 8.09. The van der Waals surface area contributed by atoms with Gasteiger partial charge in [0.25, 0.3) is 0 Å². The predicted molar refractivity (Wildman–Crippen MR) is 86.7 cm³/mol. The van der Waals surface area contributed by atoms with Crippen LogP contribution in [0.5, 0.6) is 0 Å². The zero-order valence-corrected chi connectivity index (χ0v) is 12.9. The molecule has 0 radical (unpaired) electrons. The van der Waals surface area contributed by atoms with E-state index in [1.54, 1.807) is 0 Å². The number of benzene rings is 1. The van der Waals surface area contributed by atoms with Gasteiger partial charge in [-0.05, 0) is 44.0 Å². The Kier molecular flexibility index (Phi) is 4.25. The standard InChI is InChI=1S/C17H24N4/c1-14(18-2)15-4-5-17-16(12-15)6-10-21(17)9-3-8-20-11-7-19-13-20/h4-5,7,11-14,18H,3,6,8-10H2,1-2H3. The van der Waals surface area contributed by atoms with Crippen LogP contribution in [-0.2, 0) is 13.0 Å². The summed E-state index contributed by atoms with van der Waals surface area (Å²) in [7, 11) is 2.01. The number of aryl methyl sites for hydroxylation is 1. The van der Waals surface area contributed by atoms with Gasteiger partial charge in [-0.25, -0.2) is 4.98 Å². The first-order valence-corrected chi connectivity index (χ1v) is 7.78. The van der Waals surface area contributed by atoms with Crippen molar-refractivity contribution in [2.24, 2.45) is 0 Å². The molecular weight excluding hydrogens is 260 g/mol. The lowest BCUT2D eigenvalue weighted by molar-refractivity contribution is 0.628. The number of rotatable bonds is 6. The molecule has 21 heavy (non-hydrogen) atoms. The van der Waals surface area contributed by atoms with Gasteiger partial charge in [-0.2, -0.15) is 0 Å². The smallest absolute Gasteiger partial charge is 0.0945 e. The largest absolute Gasteiger partial charge is 0.371 e. The van der Waals surface area contributed by atoms with E-state index in [1.165, 1.54) is 23.2 Å². The van der Waals surface area contributed by atoms with Crippen molar-refractivity contribution in [1.29, 1.82) is 0 Å². The van der Waals surface area contributed by atoms with Crippen LogP contribution >= 0.6 is 0 Å². The van der Waals surface area contributed by atoms with E-state index in [0.29, 0.717) is 6.04 Å². The summed E-state index contributed by atoms with van der Waals surface area (Å²) >= 11 is 0. The highest BCUT2D eigenvalue weighted by Gasteiger charge is 2.19. The van der Waals surface area contributed by atoms with Crippen molar-refractivity contribution >= 4 is 5.69 Å². The lowest BCUT2D eigenvalue weighted by atomic mass is 10.0. The topological polar surface area (TPSA) is 33.1 Å². The molecule has 0 bridgehead atoms. The van der Waals surface area contributed by atoms with Crippen LogP contribution < -0.4 is 10.2 Å². The van der Waals surface area contributed by atoms with E-state index in [-0.39, 0.29) is 0 Å². The molecule has 1 aromatic heterocycles. The molecule has 0 saturated carbocycles. The van der Waals surface area contributed by atoms with Crippen molar-refractivity contribution in [3.05, 3.63) is 48.0 Å². The maximum absolute atomic E-state index is 4.09. The van der Waals surface area contributed by atoms with Gasteiger partial charge in [0, 0.05) is 43.8 Å². The lowest BCUT2D eigenvalue weighted by Crippen LogP contribution is -2.22. The first-order chi connectivity index (χ1) is 10.3. The zero-order chi connectivity index (χ0) is 14.7. The van der Waals surface area contributed by atoms with Crippen LogP contribution in [0.1, 0.15) is 30.5 Å². The fraction of sp³-hybridized carbons (Fsp3) is 0.471. The summed E-state index contributed by atoms with van der Waals surface area (Å²) in [5, 5.41) is 3.31. The minimum Gasteiger partial charge on any atom is -0.371 e. The van der Waals surface area contributed by atoms with Crippen LogP contribution in [0.15, 0.2) is 36.9 Å². The zero-order valence-electron chi connectivity index (χ0n) is 12.9. The Labute approximate surface area is 126 Å². The monoisotopic (exact) mass is 284 g/mol. The van der Waals surface area contributed by atoms with Crippen molar-refractivity contribution in [1.82, 2.24) is 14.9 Å². The maximum atomic E-state index is 4.09. The van der Waals surface area contributed by atoms with Gasteiger partial charge >= 0.3 is 0 Å². The fourth-order valence-corrected chi connectivity index (χ4v) is 3.02. The molecule has 0 fully saturated rings. The Hall–Kier alpha value is -1.81. The molecule has 0 spiro atoms. The van der Waals surface area contributed by atoms with Crippen LogP contribution in [0.25, 0.3) is 0 Å². The Balaban J connectivity index is 1.61. The molecule has 1 aliphatic heterocycles. The second-order valence-corrected chi connectivity index (χ2v) is 5.79. The number of nitrogens with zero attached hydrogens (tertiary/aromatic N) is 3. The van der Waals surface area contributed by atoms with E-state index >= 15 is 0 Å². The van der Waals surface area contributed by atoms with Gasteiger partial charge in [0.1, 0.15) is 0 Å². The number of fused-ring (bicyclic) bond motifs is 1. The molecule has 2 aromatic rings. The van der Waals surface area contributed by atoms with E-state index in [0.717, 1.165) is 26.1 Å². The number of nitrogens with one attached hydrogen (secondary N) is 1. The van der Waals surface area contributed by atoms with Gasteiger partial charge in [0.2, 0.25) is 0 Å². The Morgan fingerprint density at radius 1 is 1.33 bits per heavy atom. The second-order valence-electron chi connectivity index (χ2n) is 5.79. The Morgan fingerprint density at radius 3 is 3.00 bits per heavy atom. The Morgan fingerprint density at radius 2 is 2.24 bits per heavy atom. The molecule has 1 N–H and O–H groups in total. The summed E-state index contributed by atoms with van der Waals surface area (Å²) < 4.78 is 2.15. The van der Waals surface area contributed by atoms with Gasteiger partial charge < -0.3 is 14.8 Å². The summed E-state index contributed by atoms with van der Waals surface area (Å²) in [5.74, 6) is 0. The van der Waals surface area contributed by atoms with Gasteiger partial charge in [-0.1, -0.05) is 12.1 Å². The summed E-state index contributed by atoms with van der Waals surface area (Å²) in [5.41, 5.74) is 4.31. The molecule has 112 valence electrons. The quantitative estimate of drug-likeness (QED) is 0.885. The van der Waals surface area contributed by atoms with Crippen LogP contribution in [0.3, 0.4) is 0 Å². The number of anilines is 1. The lowest BCUT2D eigenvalue weighted by Gasteiger charge is -2.20. The molecule has 0 aliphatic carbocycles. The fourth-order valence-electron chi connectivity index (χ4n) is 3.02. The number of hydrogen-bond donors (Lipinski definition) is 1. The van der Waals surface area contributed by atoms with Crippen molar-refractivity contribution < 1.29 is 0 Å². The van der Waals surface area contributed by atoms with Gasteiger partial charge in [0.15, 0.2) is 0 Å². The van der Waals surface area contributed by atoms with Crippen molar-refractivity contribution in [3.63, 3.8) is 0 Å². The third-order valence-electron chi connectivity index (χ3n) is 4.43. The van der Waals surface area contributed by atoms with E-state index < -0.39 is 0 Å². The second kappa shape index (κ2) is 6.31. The van der Waals surface area contributed by atoms with E-state index in [1.807, 2.05) is 25.8 Å². The third-order valence-corrected chi connectivity index (χ3v) is 4.43. The van der Waals surface area contributed by atoms with E-state index in [2.05, 4.69) is 44.9 Å². The van der Waals surface area contributed by atoms with Crippen LogP contribution in [-0.4, -0.2) is 29.7 Å². The highest BCUT2D eigenvalue weighted by Crippen LogP contribution is 2.30. The first kappa shape index (κ1) is 14.1. The molecule has 1 aliphatic rings. The number of imidazole rings is 1. The molecule has 4 nitrogen and oxygen atoms in total. The molecule has 0 saturated heterocycles. The summed E-state index contributed by atoms with van der Waals surface area (Å²) in [6, 6.07) is 7.34. The minimum absolute atomic E-state index is 0.422. The van der Waals surface area contributed by atoms with Crippen LogP contribution in [0.4, 0.5) is 5.69 Å². The highest BCUT2D eigenvalue weighted by molar-refractivity contribution is 5.59. The molecule has 1 unspecified atom stereocenters. The summed E-state index contributed by atoms with van der Waals surface area (Å²) in [4.78, 5) is 6.60. The van der Waals surface area contributed by atoms with Crippen molar-refractivity contribution in [2.45, 2.75) is 32.4 Å². The van der Waals surface area contributed by atoms with Crippen LogP contribution in [0.2, 0.25) is 0 Å². The summed E-state index contributed by atoms with van der Waals surface area (Å²) in [6.45, 7) is 5.52. The molecule has 1 aromatic carbocycles. The van der Waals surface area contributed by atoms with E-state index in [9.17, 15) is 0 Å². The molecule has 3 rings (SSSR count). The van der Waals surface area contributed by atoms with Crippen molar-refractivity contribution in [3.8, 4) is 0 Å². The third kappa shape index (κ3) is 3.10. The minimum atomic E-state index is 0.422. The average molecular weight is 284 g/mol. The SMILES string of the molecule is CNC(C)c1ccc2c(c1)CCN2CCCn1ccnc1. The number of aromatic nitrogens is 2. The molecule has 2 heterocycles. The van der Waals surface area contributed by atoms with Crippen molar-refractivity contribution in [2.75, 3.05) is 25.0 Å². The molecular formula is C17H24N4.